The standard InChI is InChI=1S/C6H11FN/c7-5-6-1-3-8-4-2-6/h6H,1-5H2. The molecule has 0 unspecified atom stereocenters. The molecule has 1 rings (SSSR count). The Hall–Kier alpha value is -0.110. The highest BCUT2D eigenvalue weighted by molar-refractivity contribution is 4.66. The molecule has 0 aliphatic carbocycles. The Morgan fingerprint density at radius 3 is 2.38 bits per heavy atom. The zero-order chi connectivity index (χ0) is 5.82. The van der Waals surface area contributed by atoms with Gasteiger partial charge in [-0.3, -0.25) is 4.39 Å². The van der Waals surface area contributed by atoms with E-state index in [0.717, 1.165) is 25.9 Å². The molecule has 0 spiro atoms. The quantitative estimate of drug-likeness (QED) is 0.484. The lowest BCUT2D eigenvalue weighted by atomic mass is 10.0. The predicted molar refractivity (Wildman–Crippen MR) is 30.6 cm³/mol. The topological polar surface area (TPSA) is 14.1 Å². The molecular formula is C6H11FN. The lowest BCUT2D eigenvalue weighted by Gasteiger charge is -2.17. The molecule has 0 N–H and O–H groups in total. The van der Waals surface area contributed by atoms with Crippen LogP contribution < -0.4 is 5.32 Å². The Morgan fingerprint density at radius 2 is 2.00 bits per heavy atom. The first kappa shape index (κ1) is 6.02. The molecule has 0 aromatic rings. The summed E-state index contributed by atoms with van der Waals surface area (Å²) in [5, 5.41) is 4.11. The Kier molecular flexibility index (Phi) is 2.27. The van der Waals surface area contributed by atoms with E-state index in [-0.39, 0.29) is 6.67 Å². The molecule has 1 saturated heterocycles. The average Bonchev–Trinajstić information content (AvgIpc) is 1.90. The zero-order valence-corrected chi connectivity index (χ0v) is 4.94. The summed E-state index contributed by atoms with van der Waals surface area (Å²) in [7, 11) is 0. The van der Waals surface area contributed by atoms with Gasteiger partial charge in [0.2, 0.25) is 0 Å². The van der Waals surface area contributed by atoms with Gasteiger partial charge in [-0.15, -0.1) is 0 Å². The minimum absolute atomic E-state index is 0.143. The third-order valence-corrected chi connectivity index (χ3v) is 1.61. The number of halogens is 1. The van der Waals surface area contributed by atoms with Gasteiger partial charge in [-0.05, 0) is 18.8 Å². The molecular weight excluding hydrogens is 105 g/mol. The minimum atomic E-state index is -0.143. The van der Waals surface area contributed by atoms with Crippen molar-refractivity contribution < 1.29 is 4.39 Å². The van der Waals surface area contributed by atoms with Crippen LogP contribution in [0.4, 0.5) is 4.39 Å². The highest BCUT2D eigenvalue weighted by atomic mass is 19.1. The maximum atomic E-state index is 11.8. The van der Waals surface area contributed by atoms with Gasteiger partial charge in [0, 0.05) is 13.1 Å². The second-order valence-electron chi connectivity index (χ2n) is 2.27. The van der Waals surface area contributed by atoms with Crippen molar-refractivity contribution in [1.29, 1.82) is 0 Å². The summed E-state index contributed by atoms with van der Waals surface area (Å²) in [6.45, 7) is 1.62. The van der Waals surface area contributed by atoms with E-state index in [1.165, 1.54) is 0 Å². The summed E-state index contributed by atoms with van der Waals surface area (Å²) in [5.74, 6) is 0.326. The third kappa shape index (κ3) is 1.44. The fraction of sp³-hybridized carbons (Fsp3) is 1.00. The maximum Gasteiger partial charge on any atom is 0.0923 e. The Balaban J connectivity index is 2.13. The van der Waals surface area contributed by atoms with E-state index in [2.05, 4.69) is 5.32 Å². The fourth-order valence-corrected chi connectivity index (χ4v) is 0.958. The van der Waals surface area contributed by atoms with E-state index in [4.69, 9.17) is 0 Å². The van der Waals surface area contributed by atoms with Crippen molar-refractivity contribution in [1.82, 2.24) is 5.32 Å². The van der Waals surface area contributed by atoms with Crippen LogP contribution in [0, 0.1) is 5.92 Å². The highest BCUT2D eigenvalue weighted by Crippen LogP contribution is 2.11. The summed E-state index contributed by atoms with van der Waals surface area (Å²) in [5.41, 5.74) is 0. The Morgan fingerprint density at radius 1 is 1.38 bits per heavy atom. The number of nitrogens with zero attached hydrogens (tertiary/aromatic N) is 1. The van der Waals surface area contributed by atoms with Crippen LogP contribution >= 0.6 is 0 Å². The average molecular weight is 116 g/mol. The molecule has 0 atom stereocenters. The van der Waals surface area contributed by atoms with E-state index in [1.54, 1.807) is 0 Å². The number of rotatable bonds is 1. The Labute approximate surface area is 49.3 Å². The van der Waals surface area contributed by atoms with Gasteiger partial charge >= 0.3 is 0 Å². The van der Waals surface area contributed by atoms with E-state index < -0.39 is 0 Å². The van der Waals surface area contributed by atoms with Crippen LogP contribution in [0.15, 0.2) is 0 Å². The van der Waals surface area contributed by atoms with E-state index in [1.807, 2.05) is 0 Å². The first-order valence-corrected chi connectivity index (χ1v) is 3.12. The van der Waals surface area contributed by atoms with Gasteiger partial charge in [0.25, 0.3) is 0 Å². The van der Waals surface area contributed by atoms with Crippen molar-refractivity contribution in [3.8, 4) is 0 Å². The molecule has 0 saturated carbocycles. The largest absolute Gasteiger partial charge is 0.251 e. The molecule has 1 radical (unpaired) electrons. The molecule has 2 heteroatoms. The van der Waals surface area contributed by atoms with Crippen LogP contribution in [-0.4, -0.2) is 19.8 Å². The van der Waals surface area contributed by atoms with Crippen LogP contribution in [0.1, 0.15) is 12.8 Å². The van der Waals surface area contributed by atoms with Crippen molar-refractivity contribution in [3.05, 3.63) is 0 Å². The number of piperidine rings is 1. The monoisotopic (exact) mass is 116 g/mol. The van der Waals surface area contributed by atoms with Gasteiger partial charge in [0.05, 0.1) is 6.67 Å². The van der Waals surface area contributed by atoms with Gasteiger partial charge in [-0.1, -0.05) is 0 Å². The first-order valence-electron chi connectivity index (χ1n) is 3.12. The van der Waals surface area contributed by atoms with Crippen LogP contribution in [-0.2, 0) is 0 Å². The van der Waals surface area contributed by atoms with Gasteiger partial charge in [0.1, 0.15) is 0 Å². The molecule has 47 valence electrons. The molecule has 1 heterocycles. The van der Waals surface area contributed by atoms with Crippen LogP contribution in [0.2, 0.25) is 0 Å². The van der Waals surface area contributed by atoms with Gasteiger partial charge in [-0.25, -0.2) is 5.32 Å². The van der Waals surface area contributed by atoms with Gasteiger partial charge < -0.3 is 0 Å². The lowest BCUT2D eigenvalue weighted by molar-refractivity contribution is 0.289. The molecule has 0 aromatic heterocycles. The Bertz CT molecular complexity index is 59.5. The predicted octanol–water partition coefficient (Wildman–Crippen LogP) is 0.970. The molecule has 1 nitrogen and oxygen atoms in total. The fourth-order valence-electron chi connectivity index (χ4n) is 0.958. The maximum absolute atomic E-state index is 11.8. The van der Waals surface area contributed by atoms with E-state index in [0.29, 0.717) is 5.92 Å². The van der Waals surface area contributed by atoms with Crippen molar-refractivity contribution in [2.24, 2.45) is 5.92 Å². The lowest BCUT2D eigenvalue weighted by Crippen LogP contribution is -2.23. The third-order valence-electron chi connectivity index (χ3n) is 1.61. The zero-order valence-electron chi connectivity index (χ0n) is 4.94. The van der Waals surface area contributed by atoms with Crippen molar-refractivity contribution in [2.45, 2.75) is 12.8 Å². The molecule has 0 bridgehead atoms. The van der Waals surface area contributed by atoms with Crippen LogP contribution in [0.25, 0.3) is 0 Å². The van der Waals surface area contributed by atoms with Crippen LogP contribution in [0.3, 0.4) is 0 Å². The molecule has 1 fully saturated rings. The minimum Gasteiger partial charge on any atom is -0.251 e. The molecule has 1 aliphatic heterocycles. The van der Waals surface area contributed by atoms with Gasteiger partial charge in [0.15, 0.2) is 0 Å². The number of hydrogen-bond acceptors (Lipinski definition) is 0. The van der Waals surface area contributed by atoms with Crippen molar-refractivity contribution >= 4 is 0 Å². The van der Waals surface area contributed by atoms with Crippen molar-refractivity contribution in [2.75, 3.05) is 19.8 Å². The second-order valence-corrected chi connectivity index (χ2v) is 2.27. The highest BCUT2D eigenvalue weighted by Gasteiger charge is 2.11. The second kappa shape index (κ2) is 3.02. The number of alkyl halides is 1. The molecule has 0 aromatic carbocycles. The van der Waals surface area contributed by atoms with E-state index in [9.17, 15) is 4.39 Å². The van der Waals surface area contributed by atoms with Gasteiger partial charge in [-0.2, -0.15) is 0 Å². The molecule has 1 aliphatic rings. The molecule has 8 heavy (non-hydrogen) atoms. The first-order chi connectivity index (χ1) is 3.93. The SMILES string of the molecule is FCC1CC[N]CC1. The summed E-state index contributed by atoms with van der Waals surface area (Å²) in [6.07, 6.45) is 1.94. The normalized spacial score (nSPS) is 23.6. The van der Waals surface area contributed by atoms with Crippen molar-refractivity contribution in [3.63, 3.8) is 0 Å². The van der Waals surface area contributed by atoms with Crippen LogP contribution in [0.5, 0.6) is 0 Å². The summed E-state index contributed by atoms with van der Waals surface area (Å²) >= 11 is 0. The van der Waals surface area contributed by atoms with E-state index >= 15 is 0 Å². The molecule has 0 amide bonds. The smallest absolute Gasteiger partial charge is 0.0923 e. The summed E-state index contributed by atoms with van der Waals surface area (Å²) in [4.78, 5) is 0. The summed E-state index contributed by atoms with van der Waals surface area (Å²) in [6, 6.07) is 0. The number of hydrogen-bond donors (Lipinski definition) is 0. The summed E-state index contributed by atoms with van der Waals surface area (Å²) < 4.78 is 11.8.